The fraction of sp³-hybridized carbons (Fsp3) is 0.143. The SMILES string of the molecule is C1=NC=C2OCC=C2N=C1. The number of hydrogen-bond acceptors (Lipinski definition) is 3. The van der Waals surface area contributed by atoms with Crippen LogP contribution in [0.2, 0.25) is 0 Å². The minimum atomic E-state index is 0.619. The van der Waals surface area contributed by atoms with Crippen molar-refractivity contribution in [2.45, 2.75) is 0 Å². The fourth-order valence-electron chi connectivity index (χ4n) is 0.867. The van der Waals surface area contributed by atoms with Gasteiger partial charge in [-0.05, 0) is 6.08 Å². The first-order valence-electron chi connectivity index (χ1n) is 3.06. The third kappa shape index (κ3) is 0.757. The van der Waals surface area contributed by atoms with Gasteiger partial charge in [-0.2, -0.15) is 0 Å². The van der Waals surface area contributed by atoms with Crippen molar-refractivity contribution in [1.82, 2.24) is 0 Å². The Hall–Kier alpha value is -1.38. The van der Waals surface area contributed by atoms with Gasteiger partial charge >= 0.3 is 0 Å². The van der Waals surface area contributed by atoms with Gasteiger partial charge in [0.1, 0.15) is 12.3 Å². The minimum absolute atomic E-state index is 0.619. The number of rotatable bonds is 0. The molecule has 2 heterocycles. The summed E-state index contributed by atoms with van der Waals surface area (Å²) >= 11 is 0. The number of fused-ring (bicyclic) bond motifs is 1. The third-order valence-corrected chi connectivity index (χ3v) is 1.33. The molecule has 0 saturated carbocycles. The molecule has 0 radical (unpaired) electrons. The molecule has 0 atom stereocenters. The molecular weight excluding hydrogens is 128 g/mol. The minimum Gasteiger partial charge on any atom is -0.486 e. The molecule has 2 aliphatic rings. The molecule has 0 saturated heterocycles. The lowest BCUT2D eigenvalue weighted by atomic mass is 10.4. The lowest BCUT2D eigenvalue weighted by molar-refractivity contribution is 0.275. The van der Waals surface area contributed by atoms with Crippen LogP contribution >= 0.6 is 0 Å². The van der Waals surface area contributed by atoms with Crippen LogP contribution in [-0.4, -0.2) is 19.0 Å². The van der Waals surface area contributed by atoms with E-state index < -0.39 is 0 Å². The number of nitrogens with zero attached hydrogens (tertiary/aromatic N) is 2. The Morgan fingerprint density at radius 3 is 3.40 bits per heavy atom. The fourth-order valence-corrected chi connectivity index (χ4v) is 0.867. The van der Waals surface area contributed by atoms with Crippen LogP contribution < -0.4 is 0 Å². The Morgan fingerprint density at radius 2 is 2.40 bits per heavy atom. The number of ether oxygens (including phenoxy) is 1. The Bertz CT molecular complexity index is 261. The van der Waals surface area contributed by atoms with Crippen molar-refractivity contribution >= 4 is 12.4 Å². The van der Waals surface area contributed by atoms with E-state index in [-0.39, 0.29) is 0 Å². The van der Waals surface area contributed by atoms with Gasteiger partial charge in [0.25, 0.3) is 0 Å². The van der Waals surface area contributed by atoms with E-state index in [1.807, 2.05) is 6.08 Å². The summed E-state index contributed by atoms with van der Waals surface area (Å²) in [6.45, 7) is 0.619. The van der Waals surface area contributed by atoms with Crippen LogP contribution in [0.1, 0.15) is 0 Å². The maximum absolute atomic E-state index is 5.18. The maximum Gasteiger partial charge on any atom is 0.163 e. The van der Waals surface area contributed by atoms with Crippen molar-refractivity contribution in [2.75, 3.05) is 6.61 Å². The molecule has 3 nitrogen and oxygen atoms in total. The number of aliphatic imine (C=N–C) groups is 2. The smallest absolute Gasteiger partial charge is 0.163 e. The highest BCUT2D eigenvalue weighted by atomic mass is 16.5. The quantitative estimate of drug-likeness (QED) is 0.484. The summed E-state index contributed by atoms with van der Waals surface area (Å²) in [4.78, 5) is 7.99. The molecule has 0 fully saturated rings. The van der Waals surface area contributed by atoms with Gasteiger partial charge in [0.05, 0.1) is 6.20 Å². The molecule has 0 bridgehead atoms. The molecule has 10 heavy (non-hydrogen) atoms. The first-order chi connectivity index (χ1) is 4.97. The van der Waals surface area contributed by atoms with Crippen LogP contribution in [0.5, 0.6) is 0 Å². The molecule has 0 aromatic carbocycles. The lowest BCUT2D eigenvalue weighted by Crippen LogP contribution is -1.81. The average Bonchev–Trinajstić information content (AvgIpc) is 2.28. The van der Waals surface area contributed by atoms with Gasteiger partial charge < -0.3 is 4.74 Å². The van der Waals surface area contributed by atoms with Crippen LogP contribution in [0, 0.1) is 0 Å². The van der Waals surface area contributed by atoms with Gasteiger partial charge in [0.2, 0.25) is 0 Å². The molecular formula is C7H6N2O. The van der Waals surface area contributed by atoms with Gasteiger partial charge in [-0.15, -0.1) is 0 Å². The Kier molecular flexibility index (Phi) is 1.13. The van der Waals surface area contributed by atoms with E-state index in [0.717, 1.165) is 11.5 Å². The first kappa shape index (κ1) is 5.41. The summed E-state index contributed by atoms with van der Waals surface area (Å²) in [5.41, 5.74) is 0.887. The van der Waals surface area contributed by atoms with Crippen LogP contribution in [-0.2, 0) is 4.74 Å². The molecule has 0 aromatic heterocycles. The normalized spacial score (nSPS) is 20.8. The van der Waals surface area contributed by atoms with E-state index in [1.165, 1.54) is 0 Å². The van der Waals surface area contributed by atoms with Crippen LogP contribution in [0.3, 0.4) is 0 Å². The van der Waals surface area contributed by atoms with Crippen molar-refractivity contribution in [3.63, 3.8) is 0 Å². The Balaban J connectivity index is 2.42. The van der Waals surface area contributed by atoms with E-state index in [0.29, 0.717) is 6.61 Å². The summed E-state index contributed by atoms with van der Waals surface area (Å²) in [6.07, 6.45) is 6.89. The number of hydrogen-bond donors (Lipinski definition) is 0. The van der Waals surface area contributed by atoms with Gasteiger partial charge in [-0.1, -0.05) is 0 Å². The molecule has 0 unspecified atom stereocenters. The third-order valence-electron chi connectivity index (χ3n) is 1.33. The summed E-state index contributed by atoms with van der Waals surface area (Å²) in [7, 11) is 0. The van der Waals surface area contributed by atoms with Crippen molar-refractivity contribution in [2.24, 2.45) is 9.98 Å². The van der Waals surface area contributed by atoms with E-state index in [1.54, 1.807) is 18.6 Å². The summed E-state index contributed by atoms with van der Waals surface area (Å²) in [5, 5.41) is 0. The zero-order valence-corrected chi connectivity index (χ0v) is 5.32. The average molecular weight is 134 g/mol. The van der Waals surface area contributed by atoms with Gasteiger partial charge in [-0.25, -0.2) is 0 Å². The second kappa shape index (κ2) is 2.10. The van der Waals surface area contributed by atoms with Crippen LogP contribution in [0.4, 0.5) is 0 Å². The zero-order valence-electron chi connectivity index (χ0n) is 5.32. The summed E-state index contributed by atoms with van der Waals surface area (Å²) in [6, 6.07) is 0. The molecule has 2 aliphatic heterocycles. The van der Waals surface area contributed by atoms with Gasteiger partial charge in [0.15, 0.2) is 5.76 Å². The zero-order chi connectivity index (χ0) is 6.81. The maximum atomic E-state index is 5.18. The van der Waals surface area contributed by atoms with E-state index in [2.05, 4.69) is 9.98 Å². The highest BCUT2D eigenvalue weighted by Crippen LogP contribution is 2.19. The summed E-state index contributed by atoms with van der Waals surface area (Å²) in [5.74, 6) is 0.769. The predicted molar refractivity (Wildman–Crippen MR) is 39.1 cm³/mol. The van der Waals surface area contributed by atoms with E-state index in [4.69, 9.17) is 4.74 Å². The Labute approximate surface area is 58.4 Å². The molecule has 0 spiro atoms. The van der Waals surface area contributed by atoms with Crippen molar-refractivity contribution in [3.8, 4) is 0 Å². The molecule has 0 N–H and O–H groups in total. The highest BCUT2D eigenvalue weighted by molar-refractivity contribution is 6.16. The Morgan fingerprint density at radius 1 is 1.40 bits per heavy atom. The predicted octanol–water partition coefficient (Wildman–Crippen LogP) is 0.897. The highest BCUT2D eigenvalue weighted by Gasteiger charge is 2.11. The van der Waals surface area contributed by atoms with Crippen LogP contribution in [0.25, 0.3) is 0 Å². The second-order valence-corrected chi connectivity index (χ2v) is 1.97. The second-order valence-electron chi connectivity index (χ2n) is 1.97. The van der Waals surface area contributed by atoms with Gasteiger partial charge in [0, 0.05) is 12.4 Å². The van der Waals surface area contributed by atoms with Crippen LogP contribution in [0.15, 0.2) is 33.7 Å². The van der Waals surface area contributed by atoms with Crippen molar-refractivity contribution in [3.05, 3.63) is 23.7 Å². The van der Waals surface area contributed by atoms with E-state index >= 15 is 0 Å². The molecule has 0 amide bonds. The standard InChI is InChI=1S/C7H6N2O/c1-4-10-7-5-8-2-3-9-6(1)7/h1-3,5H,4H2. The molecule has 0 aliphatic carbocycles. The molecule has 50 valence electrons. The molecule has 0 aromatic rings. The monoisotopic (exact) mass is 134 g/mol. The van der Waals surface area contributed by atoms with E-state index in [9.17, 15) is 0 Å². The molecule has 2 rings (SSSR count). The van der Waals surface area contributed by atoms with Crippen molar-refractivity contribution in [1.29, 1.82) is 0 Å². The first-order valence-corrected chi connectivity index (χ1v) is 3.06. The van der Waals surface area contributed by atoms with Gasteiger partial charge in [-0.3, -0.25) is 9.98 Å². The lowest BCUT2D eigenvalue weighted by Gasteiger charge is -1.95. The summed E-state index contributed by atoms with van der Waals surface area (Å²) < 4.78 is 5.18. The largest absolute Gasteiger partial charge is 0.486 e. The topological polar surface area (TPSA) is 34.0 Å². The van der Waals surface area contributed by atoms with Crippen molar-refractivity contribution < 1.29 is 4.74 Å². The molecule has 3 heteroatoms.